The number of amides is 1. The predicted octanol–water partition coefficient (Wildman–Crippen LogP) is 1.93. The Morgan fingerprint density at radius 3 is 2.38 bits per heavy atom. The summed E-state index contributed by atoms with van der Waals surface area (Å²) in [6.07, 6.45) is 6.04. The Balaban J connectivity index is 1.51. The van der Waals surface area contributed by atoms with Crippen LogP contribution >= 0.6 is 0 Å². The number of nitrogen functional groups attached to an aromatic ring is 1. The highest BCUT2D eigenvalue weighted by atomic mass is 16.5. The molecule has 1 amide bonds. The molecule has 0 aliphatic heterocycles. The van der Waals surface area contributed by atoms with E-state index < -0.39 is 5.91 Å². The van der Waals surface area contributed by atoms with Crippen molar-refractivity contribution < 1.29 is 14.4 Å². The Labute approximate surface area is 150 Å². The van der Waals surface area contributed by atoms with Crippen LogP contribution in [0, 0.1) is 28.6 Å². The van der Waals surface area contributed by atoms with Gasteiger partial charge in [0.2, 0.25) is 11.2 Å². The zero-order chi connectivity index (χ0) is 18.0. The third-order valence-corrected chi connectivity index (χ3v) is 6.74. The van der Waals surface area contributed by atoms with Gasteiger partial charge in [-0.15, -0.1) is 0 Å². The second-order valence-corrected chi connectivity index (χ2v) is 8.26. The number of benzene rings is 1. The maximum absolute atomic E-state index is 13.0. The highest BCUT2D eigenvalue weighted by Crippen LogP contribution is 2.53. The van der Waals surface area contributed by atoms with Crippen LogP contribution in [0.4, 0.5) is 5.82 Å². The van der Waals surface area contributed by atoms with Crippen LogP contribution in [0.1, 0.15) is 42.6 Å². The molecule has 6 rings (SSSR count). The van der Waals surface area contributed by atoms with Gasteiger partial charge in [0.15, 0.2) is 0 Å². The Bertz CT molecular complexity index is 939. The largest absolute Gasteiger partial charge is 0.427 e. The van der Waals surface area contributed by atoms with E-state index in [2.05, 4.69) is 5.32 Å². The summed E-state index contributed by atoms with van der Waals surface area (Å²) in [6.45, 7) is 0. The van der Waals surface area contributed by atoms with Crippen molar-refractivity contribution >= 4 is 22.8 Å². The lowest BCUT2D eigenvalue weighted by Crippen LogP contribution is -2.56. The van der Waals surface area contributed by atoms with E-state index in [4.69, 9.17) is 5.73 Å². The third kappa shape index (κ3) is 2.15. The van der Waals surface area contributed by atoms with Crippen molar-refractivity contribution in [2.45, 2.75) is 38.1 Å². The molecule has 0 unspecified atom stereocenters. The molecule has 4 N–H and O–H groups in total. The Morgan fingerprint density at radius 1 is 1.12 bits per heavy atom. The minimum atomic E-state index is -0.474. The van der Waals surface area contributed by atoms with Crippen molar-refractivity contribution in [2.24, 2.45) is 23.7 Å². The van der Waals surface area contributed by atoms with Gasteiger partial charge in [-0.1, -0.05) is 17.0 Å². The van der Waals surface area contributed by atoms with E-state index in [1.54, 1.807) is 24.3 Å². The van der Waals surface area contributed by atoms with Gasteiger partial charge in [0, 0.05) is 10.5 Å². The van der Waals surface area contributed by atoms with Gasteiger partial charge in [-0.2, -0.15) is 4.73 Å². The SMILES string of the molecule is Nc1c(C(=O)NC2C3CC4CC(C3)CC2C4)n(O)c2ccccc2[n+]1=O. The van der Waals surface area contributed by atoms with E-state index in [9.17, 15) is 14.9 Å². The molecule has 7 heteroatoms. The standard InChI is InChI=1S/C19H22N4O3/c20-18-17(22(25)14-3-1-2-4-15(14)23(18)26)19(24)21-16-12-6-10-5-11(8-12)9-13(16)7-10/h1-4,10-13,16,25H,5-9H2,(H2-,20,21,24)/p+1. The predicted molar refractivity (Wildman–Crippen MR) is 95.2 cm³/mol. The van der Waals surface area contributed by atoms with Crippen molar-refractivity contribution in [1.82, 2.24) is 10.0 Å². The number of anilines is 1. The normalized spacial score (nSPS) is 32.1. The molecular weight excluding hydrogens is 332 g/mol. The fourth-order valence-electron chi connectivity index (χ4n) is 5.86. The lowest BCUT2D eigenvalue weighted by atomic mass is 9.54. The zero-order valence-electron chi connectivity index (χ0n) is 14.5. The van der Waals surface area contributed by atoms with Gasteiger partial charge in [-0.3, -0.25) is 10.5 Å². The number of nitrogens with one attached hydrogen (secondary N) is 1. The lowest BCUT2D eigenvalue weighted by molar-refractivity contribution is -0.448. The summed E-state index contributed by atoms with van der Waals surface area (Å²) in [5.74, 6) is 1.86. The maximum atomic E-state index is 13.0. The second kappa shape index (κ2) is 5.46. The number of nitrogens with two attached hydrogens (primary N) is 1. The molecule has 7 nitrogen and oxygen atoms in total. The minimum Gasteiger partial charge on any atom is -0.427 e. The number of aromatic nitrogens is 2. The number of para-hydroxylation sites is 2. The van der Waals surface area contributed by atoms with E-state index in [1.165, 1.54) is 32.1 Å². The quantitative estimate of drug-likeness (QED) is 0.566. The van der Waals surface area contributed by atoms with Crippen LogP contribution in [-0.2, 0) is 0 Å². The van der Waals surface area contributed by atoms with Gasteiger partial charge in [0.05, 0.1) is 0 Å². The summed E-state index contributed by atoms with van der Waals surface area (Å²) in [5, 5.41) is 13.6. The smallest absolute Gasteiger partial charge is 0.351 e. The molecule has 0 spiro atoms. The van der Waals surface area contributed by atoms with Crippen LogP contribution in [0.3, 0.4) is 0 Å². The number of fused-ring (bicyclic) bond motifs is 1. The molecular formula is C19H23N4O3+. The summed E-state index contributed by atoms with van der Waals surface area (Å²) in [4.78, 5) is 25.4. The monoisotopic (exact) mass is 355 g/mol. The molecule has 2 aromatic rings. The van der Waals surface area contributed by atoms with Crippen molar-refractivity contribution in [3.8, 4) is 0 Å². The number of carbonyl (C=O) groups excluding carboxylic acids is 1. The number of nitrogens with zero attached hydrogens (tertiary/aromatic N) is 2. The first kappa shape index (κ1) is 15.7. The molecule has 1 aromatic carbocycles. The first-order valence-corrected chi connectivity index (χ1v) is 9.38. The first-order chi connectivity index (χ1) is 12.5. The third-order valence-electron chi connectivity index (χ3n) is 6.74. The van der Waals surface area contributed by atoms with Gasteiger partial charge >= 0.3 is 5.82 Å². The molecule has 1 heterocycles. The Hall–Kier alpha value is -2.57. The van der Waals surface area contributed by atoms with Crippen molar-refractivity contribution in [1.29, 1.82) is 0 Å². The molecule has 4 fully saturated rings. The van der Waals surface area contributed by atoms with Crippen molar-refractivity contribution in [3.63, 3.8) is 0 Å². The van der Waals surface area contributed by atoms with Gasteiger partial charge in [-0.05, 0) is 67.9 Å². The number of hydrogen-bond donors (Lipinski definition) is 3. The van der Waals surface area contributed by atoms with Gasteiger partial charge in [0.25, 0.3) is 5.91 Å². The number of carbonyl (C=O) groups is 1. The summed E-state index contributed by atoms with van der Waals surface area (Å²) in [7, 11) is 0. The van der Waals surface area contributed by atoms with E-state index in [1.807, 2.05) is 0 Å². The maximum Gasteiger partial charge on any atom is 0.351 e. The van der Waals surface area contributed by atoms with Gasteiger partial charge in [0.1, 0.15) is 5.52 Å². The summed E-state index contributed by atoms with van der Waals surface area (Å²) < 4.78 is 1.25. The number of hydrogen-bond acceptors (Lipinski definition) is 4. The van der Waals surface area contributed by atoms with E-state index in [-0.39, 0.29) is 28.6 Å². The topological polar surface area (TPSA) is 103 Å². The number of rotatable bonds is 2. The van der Waals surface area contributed by atoms with Gasteiger partial charge in [-0.25, -0.2) is 0 Å². The van der Waals surface area contributed by atoms with E-state index >= 15 is 0 Å². The molecule has 0 atom stereocenters. The highest BCUT2D eigenvalue weighted by molar-refractivity contribution is 5.97. The molecule has 4 saturated carbocycles. The molecule has 26 heavy (non-hydrogen) atoms. The van der Waals surface area contributed by atoms with Crippen LogP contribution < -0.4 is 15.5 Å². The minimum absolute atomic E-state index is 0.112. The molecule has 4 bridgehead atoms. The second-order valence-electron chi connectivity index (χ2n) is 8.26. The summed E-state index contributed by atoms with van der Waals surface area (Å²) in [6, 6.07) is 6.64. The van der Waals surface area contributed by atoms with Crippen LogP contribution in [0.25, 0.3) is 11.0 Å². The Kier molecular flexibility index (Phi) is 3.29. The molecule has 0 saturated heterocycles. The lowest BCUT2D eigenvalue weighted by Gasteiger charge is -2.54. The average molecular weight is 355 g/mol. The molecule has 136 valence electrons. The van der Waals surface area contributed by atoms with Crippen LogP contribution in [0.2, 0.25) is 0 Å². The van der Waals surface area contributed by atoms with Crippen LogP contribution in [0.5, 0.6) is 0 Å². The van der Waals surface area contributed by atoms with E-state index in [0.29, 0.717) is 16.3 Å². The molecule has 4 aliphatic carbocycles. The Morgan fingerprint density at radius 2 is 1.73 bits per heavy atom. The molecule has 1 aromatic heterocycles. The fraction of sp³-hybridized carbons (Fsp3) is 0.526. The first-order valence-electron chi connectivity index (χ1n) is 9.38. The van der Waals surface area contributed by atoms with Gasteiger partial charge < -0.3 is 10.5 Å². The molecule has 4 aliphatic rings. The average Bonchev–Trinajstić information content (AvgIpc) is 2.62. The van der Waals surface area contributed by atoms with E-state index in [0.717, 1.165) is 16.6 Å². The summed E-state index contributed by atoms with van der Waals surface area (Å²) >= 11 is 0. The van der Waals surface area contributed by atoms with Crippen LogP contribution in [0.15, 0.2) is 24.3 Å². The fourth-order valence-corrected chi connectivity index (χ4v) is 5.86. The van der Waals surface area contributed by atoms with Crippen molar-refractivity contribution in [2.75, 3.05) is 5.73 Å². The zero-order valence-corrected chi connectivity index (χ0v) is 14.5. The highest BCUT2D eigenvalue weighted by Gasteiger charge is 2.49. The van der Waals surface area contributed by atoms with Crippen LogP contribution in [-0.4, -0.2) is 21.9 Å². The molecule has 0 radical (unpaired) electrons. The summed E-state index contributed by atoms with van der Waals surface area (Å²) in [5.41, 5.74) is 6.20. The van der Waals surface area contributed by atoms with Crippen molar-refractivity contribution in [3.05, 3.63) is 34.9 Å².